The molecular formula is C12H15NO. The molecule has 0 saturated heterocycles. The highest BCUT2D eigenvalue weighted by molar-refractivity contribution is 5.51. The lowest BCUT2D eigenvalue weighted by Gasteiger charge is -2.25. The lowest BCUT2D eigenvalue weighted by Crippen LogP contribution is -2.32. The average Bonchev–Trinajstić information content (AvgIpc) is 2.27. The number of nitrogens with one attached hydrogen (secondary N) is 1. The minimum Gasteiger partial charge on any atom is -0.394 e. The van der Waals surface area contributed by atoms with Crippen LogP contribution in [0.5, 0.6) is 0 Å². The Bertz CT molecular complexity index is 346. The third-order valence-electron chi connectivity index (χ3n) is 2.75. The van der Waals surface area contributed by atoms with Crippen LogP contribution < -0.4 is 5.32 Å². The molecule has 2 nitrogen and oxygen atoms in total. The molecule has 0 saturated carbocycles. The quantitative estimate of drug-likeness (QED) is 0.739. The molecule has 1 aromatic rings. The number of rotatable bonds is 2. The van der Waals surface area contributed by atoms with Gasteiger partial charge in [-0.05, 0) is 35.7 Å². The van der Waals surface area contributed by atoms with Crippen LogP contribution in [-0.2, 0) is 6.42 Å². The average molecular weight is 189 g/mol. The van der Waals surface area contributed by atoms with Crippen molar-refractivity contribution >= 4 is 6.08 Å². The molecule has 0 radical (unpaired) electrons. The van der Waals surface area contributed by atoms with Crippen molar-refractivity contribution in [3.63, 3.8) is 0 Å². The number of aliphatic hydroxyl groups is 1. The Balaban J connectivity index is 2.42. The summed E-state index contributed by atoms with van der Waals surface area (Å²) in [5, 5.41) is 12.5. The minimum absolute atomic E-state index is 0.0960. The summed E-state index contributed by atoms with van der Waals surface area (Å²) in [5.41, 5.74) is 3.68. The van der Waals surface area contributed by atoms with E-state index < -0.39 is 0 Å². The fourth-order valence-corrected chi connectivity index (χ4v) is 1.95. The molecule has 0 amide bonds. The fourth-order valence-electron chi connectivity index (χ4n) is 1.95. The molecule has 2 rings (SSSR count). The van der Waals surface area contributed by atoms with Crippen LogP contribution in [0, 0.1) is 0 Å². The van der Waals surface area contributed by atoms with Crippen LogP contribution in [0.15, 0.2) is 24.8 Å². The summed E-state index contributed by atoms with van der Waals surface area (Å²) < 4.78 is 0. The number of aliphatic hydroxyl groups excluding tert-OH is 1. The molecule has 0 bridgehead atoms. The lowest BCUT2D eigenvalue weighted by atomic mass is 9.93. The van der Waals surface area contributed by atoms with Gasteiger partial charge in [0.25, 0.3) is 0 Å². The summed E-state index contributed by atoms with van der Waals surface area (Å²) in [6, 6.07) is 6.41. The van der Waals surface area contributed by atoms with Crippen molar-refractivity contribution in [3.8, 4) is 0 Å². The molecule has 1 aliphatic rings. The van der Waals surface area contributed by atoms with Crippen molar-refractivity contribution in [2.75, 3.05) is 13.2 Å². The van der Waals surface area contributed by atoms with E-state index in [-0.39, 0.29) is 12.6 Å². The van der Waals surface area contributed by atoms with Crippen molar-refractivity contribution in [2.24, 2.45) is 0 Å². The van der Waals surface area contributed by atoms with E-state index in [1.165, 1.54) is 11.1 Å². The van der Waals surface area contributed by atoms with Crippen LogP contribution in [0.4, 0.5) is 0 Å². The third kappa shape index (κ3) is 1.59. The van der Waals surface area contributed by atoms with Crippen molar-refractivity contribution in [1.29, 1.82) is 0 Å². The van der Waals surface area contributed by atoms with E-state index in [2.05, 4.69) is 30.1 Å². The highest BCUT2D eigenvalue weighted by Gasteiger charge is 2.18. The number of fused-ring (bicyclic) bond motifs is 1. The summed E-state index contributed by atoms with van der Waals surface area (Å²) in [5.74, 6) is 0. The highest BCUT2D eigenvalue weighted by atomic mass is 16.3. The summed E-state index contributed by atoms with van der Waals surface area (Å²) in [6.45, 7) is 4.86. The molecule has 2 heteroatoms. The first kappa shape index (κ1) is 9.44. The Morgan fingerprint density at radius 1 is 1.57 bits per heavy atom. The van der Waals surface area contributed by atoms with Crippen LogP contribution in [0.1, 0.15) is 22.7 Å². The first-order valence-electron chi connectivity index (χ1n) is 4.94. The SMILES string of the molecule is C=Cc1ccc2c(c1)C(CO)NCC2. The largest absolute Gasteiger partial charge is 0.394 e. The van der Waals surface area contributed by atoms with Gasteiger partial charge in [0.15, 0.2) is 0 Å². The van der Waals surface area contributed by atoms with E-state index in [0.29, 0.717) is 0 Å². The summed E-state index contributed by atoms with van der Waals surface area (Å²) >= 11 is 0. The van der Waals surface area contributed by atoms with Crippen molar-refractivity contribution in [3.05, 3.63) is 41.5 Å². The van der Waals surface area contributed by atoms with Crippen molar-refractivity contribution in [2.45, 2.75) is 12.5 Å². The zero-order chi connectivity index (χ0) is 9.97. The Morgan fingerprint density at radius 3 is 3.14 bits per heavy atom. The van der Waals surface area contributed by atoms with E-state index in [9.17, 15) is 5.11 Å². The second-order valence-corrected chi connectivity index (χ2v) is 3.60. The summed E-state index contributed by atoms with van der Waals surface area (Å²) in [6.07, 6.45) is 2.88. The van der Waals surface area contributed by atoms with Gasteiger partial charge in [0, 0.05) is 0 Å². The molecule has 0 spiro atoms. The molecular weight excluding hydrogens is 174 g/mol. The standard InChI is InChI=1S/C12H15NO/c1-2-9-3-4-10-5-6-13-12(8-14)11(10)7-9/h2-4,7,12-14H,1,5-6,8H2. The fraction of sp³-hybridized carbons (Fsp3) is 0.333. The second kappa shape index (κ2) is 3.95. The normalized spacial score (nSPS) is 20.2. The van der Waals surface area contributed by atoms with Crippen molar-refractivity contribution < 1.29 is 5.11 Å². The van der Waals surface area contributed by atoms with Gasteiger partial charge in [-0.1, -0.05) is 24.8 Å². The maximum Gasteiger partial charge on any atom is 0.0626 e. The van der Waals surface area contributed by atoms with Gasteiger partial charge < -0.3 is 10.4 Å². The molecule has 1 aliphatic heterocycles. The van der Waals surface area contributed by atoms with E-state index >= 15 is 0 Å². The third-order valence-corrected chi connectivity index (χ3v) is 2.75. The number of hydrogen-bond donors (Lipinski definition) is 2. The zero-order valence-electron chi connectivity index (χ0n) is 8.16. The predicted octanol–water partition coefficient (Wildman–Crippen LogP) is 1.51. The van der Waals surface area contributed by atoms with E-state index in [0.717, 1.165) is 18.5 Å². The van der Waals surface area contributed by atoms with Gasteiger partial charge in [0.2, 0.25) is 0 Å². The first-order chi connectivity index (χ1) is 6.85. The molecule has 14 heavy (non-hydrogen) atoms. The highest BCUT2D eigenvalue weighted by Crippen LogP contribution is 2.23. The van der Waals surface area contributed by atoms with Crippen molar-refractivity contribution in [1.82, 2.24) is 5.32 Å². The second-order valence-electron chi connectivity index (χ2n) is 3.60. The maximum atomic E-state index is 9.21. The Hall–Kier alpha value is -1.12. The van der Waals surface area contributed by atoms with E-state index in [4.69, 9.17) is 0 Å². The Labute approximate surface area is 84.3 Å². The molecule has 1 heterocycles. The molecule has 0 aliphatic carbocycles. The van der Waals surface area contributed by atoms with Crippen LogP contribution in [0.25, 0.3) is 6.08 Å². The lowest BCUT2D eigenvalue weighted by molar-refractivity contribution is 0.240. The predicted molar refractivity (Wildman–Crippen MR) is 58.1 cm³/mol. The number of hydrogen-bond acceptors (Lipinski definition) is 2. The Kier molecular flexibility index (Phi) is 2.66. The minimum atomic E-state index is 0.0960. The smallest absolute Gasteiger partial charge is 0.0626 e. The van der Waals surface area contributed by atoms with Gasteiger partial charge in [0.05, 0.1) is 12.6 Å². The molecule has 1 unspecified atom stereocenters. The molecule has 2 N–H and O–H groups in total. The van der Waals surface area contributed by atoms with Crippen LogP contribution in [0.3, 0.4) is 0 Å². The van der Waals surface area contributed by atoms with Gasteiger partial charge >= 0.3 is 0 Å². The van der Waals surface area contributed by atoms with Crippen LogP contribution in [0.2, 0.25) is 0 Å². The molecule has 74 valence electrons. The molecule has 1 atom stereocenters. The van der Waals surface area contributed by atoms with Crippen LogP contribution >= 0.6 is 0 Å². The van der Waals surface area contributed by atoms with E-state index in [1.54, 1.807) is 0 Å². The molecule has 1 aromatic carbocycles. The van der Waals surface area contributed by atoms with E-state index in [1.807, 2.05) is 6.08 Å². The summed E-state index contributed by atoms with van der Waals surface area (Å²) in [7, 11) is 0. The molecule has 0 fully saturated rings. The van der Waals surface area contributed by atoms with Gasteiger partial charge in [-0.3, -0.25) is 0 Å². The monoisotopic (exact) mass is 189 g/mol. The topological polar surface area (TPSA) is 32.3 Å². The Morgan fingerprint density at radius 2 is 2.43 bits per heavy atom. The first-order valence-corrected chi connectivity index (χ1v) is 4.94. The van der Waals surface area contributed by atoms with Crippen LogP contribution in [-0.4, -0.2) is 18.3 Å². The molecule has 0 aromatic heterocycles. The summed E-state index contributed by atoms with van der Waals surface area (Å²) in [4.78, 5) is 0. The number of benzene rings is 1. The van der Waals surface area contributed by atoms with Gasteiger partial charge in [-0.15, -0.1) is 0 Å². The maximum absolute atomic E-state index is 9.21. The zero-order valence-corrected chi connectivity index (χ0v) is 8.16. The van der Waals surface area contributed by atoms with Gasteiger partial charge in [0.1, 0.15) is 0 Å². The van der Waals surface area contributed by atoms with Gasteiger partial charge in [-0.25, -0.2) is 0 Å². The van der Waals surface area contributed by atoms with Gasteiger partial charge in [-0.2, -0.15) is 0 Å².